The van der Waals surface area contributed by atoms with E-state index in [1.54, 1.807) is 0 Å². The van der Waals surface area contributed by atoms with Gasteiger partial charge in [-0.3, -0.25) is 0 Å². The first kappa shape index (κ1) is 16.5. The minimum absolute atomic E-state index is 0. The molecule has 0 amide bonds. The van der Waals surface area contributed by atoms with E-state index in [4.69, 9.17) is 0 Å². The second-order valence-corrected chi connectivity index (χ2v) is 4.81. The van der Waals surface area contributed by atoms with Crippen molar-refractivity contribution in [2.45, 2.75) is 37.7 Å². The van der Waals surface area contributed by atoms with Crippen LogP contribution in [0.15, 0.2) is 0 Å². The fourth-order valence-electron chi connectivity index (χ4n) is 2.63. The lowest BCUT2D eigenvalue weighted by Gasteiger charge is -2.31. The lowest BCUT2D eigenvalue weighted by atomic mass is 9.94. The van der Waals surface area contributed by atoms with Crippen LogP contribution in [0, 0.1) is 0 Å². The third-order valence-electron chi connectivity index (χ3n) is 3.48. The molecule has 98 valence electrons. The fourth-order valence-corrected chi connectivity index (χ4v) is 2.63. The number of aliphatic hydroxyl groups is 1. The topological polar surface area (TPSA) is 35.5 Å². The molecular weight excluding hydrogens is 247 g/mol. The predicted octanol–water partition coefficient (Wildman–Crippen LogP) is 1.43. The number of rotatable bonds is 2. The van der Waals surface area contributed by atoms with E-state index in [0.717, 1.165) is 38.9 Å². The smallest absolute Gasteiger partial charge is 0.0786 e. The van der Waals surface area contributed by atoms with Crippen molar-refractivity contribution in [3.63, 3.8) is 0 Å². The SMILES string of the molecule is Cl.Cl.OC1(CN2CCCC2)CCCNCC1. The van der Waals surface area contributed by atoms with Crippen molar-refractivity contribution in [2.24, 2.45) is 0 Å². The predicted molar refractivity (Wildman–Crippen MR) is 71.8 cm³/mol. The first-order chi connectivity index (χ1) is 6.79. The van der Waals surface area contributed by atoms with Crippen molar-refractivity contribution in [1.29, 1.82) is 0 Å². The van der Waals surface area contributed by atoms with Gasteiger partial charge in [-0.05, 0) is 58.3 Å². The van der Waals surface area contributed by atoms with Crippen LogP contribution in [0.3, 0.4) is 0 Å². The number of β-amino-alcohol motifs (C(OH)–C–C–N with tert-alkyl or cyclic N) is 1. The van der Waals surface area contributed by atoms with Gasteiger partial charge in [0.2, 0.25) is 0 Å². The van der Waals surface area contributed by atoms with Crippen LogP contribution in [0.4, 0.5) is 0 Å². The van der Waals surface area contributed by atoms with Gasteiger partial charge >= 0.3 is 0 Å². The van der Waals surface area contributed by atoms with E-state index in [-0.39, 0.29) is 24.8 Å². The molecule has 0 aliphatic carbocycles. The fraction of sp³-hybridized carbons (Fsp3) is 1.00. The molecule has 0 aromatic carbocycles. The van der Waals surface area contributed by atoms with E-state index in [0.29, 0.717) is 0 Å². The van der Waals surface area contributed by atoms with E-state index in [2.05, 4.69) is 10.2 Å². The highest BCUT2D eigenvalue weighted by atomic mass is 35.5. The Morgan fingerprint density at radius 3 is 2.38 bits per heavy atom. The summed E-state index contributed by atoms with van der Waals surface area (Å²) in [6.07, 6.45) is 5.63. The molecule has 2 rings (SSSR count). The van der Waals surface area contributed by atoms with Gasteiger partial charge in [-0.25, -0.2) is 0 Å². The zero-order chi connectivity index (χ0) is 9.86. The summed E-state index contributed by atoms with van der Waals surface area (Å²) in [5.74, 6) is 0. The molecule has 2 aliphatic rings. The zero-order valence-corrected chi connectivity index (χ0v) is 11.4. The number of hydrogen-bond donors (Lipinski definition) is 2. The molecule has 0 radical (unpaired) electrons. The Bertz CT molecular complexity index is 179. The van der Waals surface area contributed by atoms with Gasteiger partial charge < -0.3 is 15.3 Å². The summed E-state index contributed by atoms with van der Waals surface area (Å²) in [6.45, 7) is 5.33. The first-order valence-corrected chi connectivity index (χ1v) is 5.94. The van der Waals surface area contributed by atoms with Crippen LogP contribution < -0.4 is 5.32 Å². The molecule has 0 saturated carbocycles. The molecule has 0 aromatic heterocycles. The number of nitrogens with one attached hydrogen (secondary N) is 1. The maximum atomic E-state index is 10.4. The van der Waals surface area contributed by atoms with Crippen molar-refractivity contribution >= 4 is 24.8 Å². The van der Waals surface area contributed by atoms with E-state index in [1.807, 2.05) is 0 Å². The maximum absolute atomic E-state index is 10.4. The monoisotopic (exact) mass is 270 g/mol. The third kappa shape index (κ3) is 4.76. The molecule has 3 nitrogen and oxygen atoms in total. The second kappa shape index (κ2) is 7.72. The minimum Gasteiger partial charge on any atom is -0.389 e. The van der Waals surface area contributed by atoms with Gasteiger partial charge in [0, 0.05) is 6.54 Å². The largest absolute Gasteiger partial charge is 0.389 e. The lowest BCUT2D eigenvalue weighted by Crippen LogP contribution is -2.42. The molecular formula is C11H24Cl2N2O. The highest BCUT2D eigenvalue weighted by Gasteiger charge is 2.30. The Balaban J connectivity index is 0.00000112. The molecule has 0 bridgehead atoms. The summed E-state index contributed by atoms with van der Waals surface area (Å²) >= 11 is 0. The van der Waals surface area contributed by atoms with Gasteiger partial charge in [-0.1, -0.05) is 0 Å². The second-order valence-electron chi connectivity index (χ2n) is 4.81. The molecule has 2 N–H and O–H groups in total. The molecule has 2 fully saturated rings. The van der Waals surface area contributed by atoms with E-state index in [1.165, 1.54) is 25.9 Å². The average Bonchev–Trinajstić information content (AvgIpc) is 2.55. The molecule has 16 heavy (non-hydrogen) atoms. The summed E-state index contributed by atoms with van der Waals surface area (Å²) in [7, 11) is 0. The van der Waals surface area contributed by atoms with Crippen LogP contribution in [0.2, 0.25) is 0 Å². The van der Waals surface area contributed by atoms with Gasteiger partial charge in [0.05, 0.1) is 5.60 Å². The van der Waals surface area contributed by atoms with Crippen LogP contribution in [0.1, 0.15) is 32.1 Å². The minimum atomic E-state index is -0.409. The van der Waals surface area contributed by atoms with E-state index < -0.39 is 5.60 Å². The van der Waals surface area contributed by atoms with E-state index in [9.17, 15) is 5.11 Å². The molecule has 1 atom stereocenters. The molecule has 0 spiro atoms. The Labute approximate surface area is 111 Å². The summed E-state index contributed by atoms with van der Waals surface area (Å²) in [5, 5.41) is 13.8. The van der Waals surface area contributed by atoms with Crippen molar-refractivity contribution < 1.29 is 5.11 Å². The standard InChI is InChI=1S/C11H22N2O.2ClH/c14-11(4-3-6-12-7-5-11)10-13-8-1-2-9-13;;/h12,14H,1-10H2;2*1H. The van der Waals surface area contributed by atoms with Gasteiger partial charge in [-0.2, -0.15) is 0 Å². The Morgan fingerprint density at radius 1 is 1.00 bits per heavy atom. The van der Waals surface area contributed by atoms with Gasteiger partial charge in [0.25, 0.3) is 0 Å². The Morgan fingerprint density at radius 2 is 1.69 bits per heavy atom. The summed E-state index contributed by atoms with van der Waals surface area (Å²) in [5.41, 5.74) is -0.409. The van der Waals surface area contributed by atoms with Crippen molar-refractivity contribution in [1.82, 2.24) is 10.2 Å². The number of nitrogens with zero attached hydrogens (tertiary/aromatic N) is 1. The maximum Gasteiger partial charge on any atom is 0.0786 e. The van der Waals surface area contributed by atoms with Crippen LogP contribution in [0.5, 0.6) is 0 Å². The summed E-state index contributed by atoms with van der Waals surface area (Å²) in [6, 6.07) is 0. The van der Waals surface area contributed by atoms with Gasteiger partial charge in [0.15, 0.2) is 0 Å². The highest BCUT2D eigenvalue weighted by molar-refractivity contribution is 5.85. The molecule has 2 heterocycles. The normalized spacial score (nSPS) is 31.3. The molecule has 2 saturated heterocycles. The Kier molecular flexibility index (Phi) is 7.94. The van der Waals surface area contributed by atoms with E-state index >= 15 is 0 Å². The Hall–Kier alpha value is 0.460. The van der Waals surface area contributed by atoms with Crippen LogP contribution in [0.25, 0.3) is 0 Å². The quantitative estimate of drug-likeness (QED) is 0.797. The van der Waals surface area contributed by atoms with Crippen LogP contribution in [-0.2, 0) is 0 Å². The molecule has 5 heteroatoms. The number of halogens is 2. The van der Waals surface area contributed by atoms with Crippen molar-refractivity contribution in [2.75, 3.05) is 32.7 Å². The number of likely N-dealkylation sites (tertiary alicyclic amines) is 1. The number of hydrogen-bond acceptors (Lipinski definition) is 3. The molecule has 2 aliphatic heterocycles. The van der Waals surface area contributed by atoms with Gasteiger partial charge in [0.1, 0.15) is 0 Å². The van der Waals surface area contributed by atoms with Gasteiger partial charge in [-0.15, -0.1) is 24.8 Å². The highest BCUT2D eigenvalue weighted by Crippen LogP contribution is 2.22. The van der Waals surface area contributed by atoms with Crippen LogP contribution in [-0.4, -0.2) is 48.3 Å². The first-order valence-electron chi connectivity index (χ1n) is 5.94. The zero-order valence-electron chi connectivity index (χ0n) is 9.78. The molecule has 1 unspecified atom stereocenters. The van der Waals surface area contributed by atoms with Crippen molar-refractivity contribution in [3.05, 3.63) is 0 Å². The lowest BCUT2D eigenvalue weighted by molar-refractivity contribution is -0.00106. The third-order valence-corrected chi connectivity index (χ3v) is 3.48. The van der Waals surface area contributed by atoms with Crippen molar-refractivity contribution in [3.8, 4) is 0 Å². The average molecular weight is 271 g/mol. The summed E-state index contributed by atoms with van der Waals surface area (Å²) < 4.78 is 0. The molecule has 0 aromatic rings. The van der Waals surface area contributed by atoms with Crippen LogP contribution >= 0.6 is 24.8 Å². The summed E-state index contributed by atoms with van der Waals surface area (Å²) in [4.78, 5) is 2.42.